The molecule has 1 aromatic heterocycles. The van der Waals surface area contributed by atoms with Gasteiger partial charge in [-0.05, 0) is 0 Å². The van der Waals surface area contributed by atoms with E-state index < -0.39 is 16.7 Å². The smallest absolute Gasteiger partial charge is 0.283 e. The van der Waals surface area contributed by atoms with Crippen LogP contribution in [0.15, 0.2) is 4.79 Å². The van der Waals surface area contributed by atoms with Crippen molar-refractivity contribution >= 4 is 11.3 Å². The first kappa shape index (κ1) is 11.9. The first-order valence-corrected chi connectivity index (χ1v) is 4.77. The van der Waals surface area contributed by atoms with Gasteiger partial charge in [-0.3, -0.25) is 9.36 Å². The Balaban J connectivity index is 3.44. The number of alkyl halides is 3. The fraction of sp³-hybridized carbons (Fsp3) is 0.333. The van der Waals surface area contributed by atoms with Crippen LogP contribution in [0.4, 0.5) is 13.2 Å². The Morgan fingerprint density at radius 3 is 2.60 bits per heavy atom. The van der Waals surface area contributed by atoms with Crippen LogP contribution >= 0.6 is 11.3 Å². The number of hydrogen-bond acceptors (Lipinski definition) is 2. The van der Waals surface area contributed by atoms with Crippen LogP contribution in [0.3, 0.4) is 0 Å². The molecule has 0 fully saturated rings. The highest BCUT2D eigenvalue weighted by Gasteiger charge is 2.38. The average Bonchev–Trinajstić information content (AvgIpc) is 2.43. The number of thiazole rings is 1. The molecule has 0 spiro atoms. The molecule has 0 N–H and O–H groups in total. The van der Waals surface area contributed by atoms with Gasteiger partial charge in [0.1, 0.15) is 5.69 Å². The van der Waals surface area contributed by atoms with E-state index in [1.165, 1.54) is 13.3 Å². The van der Waals surface area contributed by atoms with Gasteiger partial charge in [0, 0.05) is 11.3 Å². The summed E-state index contributed by atoms with van der Waals surface area (Å²) < 4.78 is 38.3. The molecule has 0 saturated heterocycles. The van der Waals surface area contributed by atoms with Gasteiger partial charge in [0.05, 0.1) is 6.54 Å². The molecular formula is C9H7F3NOS. The fourth-order valence-electron chi connectivity index (χ4n) is 1.15. The maximum Gasteiger partial charge on any atom is 0.432 e. The minimum absolute atomic E-state index is 0.0947. The molecule has 0 aliphatic rings. The highest BCUT2D eigenvalue weighted by atomic mass is 32.1. The Kier molecular flexibility index (Phi) is 3.25. The second-order valence-corrected chi connectivity index (χ2v) is 3.65. The summed E-state index contributed by atoms with van der Waals surface area (Å²) in [6.45, 7) is 1.08. The lowest BCUT2D eigenvalue weighted by atomic mass is 10.3. The van der Waals surface area contributed by atoms with E-state index in [2.05, 4.69) is 0 Å². The van der Waals surface area contributed by atoms with Crippen molar-refractivity contribution in [1.29, 1.82) is 0 Å². The van der Waals surface area contributed by atoms with Crippen LogP contribution in [0.2, 0.25) is 0 Å². The molecule has 1 rings (SSSR count). The molecule has 6 heteroatoms. The zero-order valence-electron chi connectivity index (χ0n) is 7.76. The van der Waals surface area contributed by atoms with Crippen LogP contribution in [0, 0.1) is 18.8 Å². The first-order chi connectivity index (χ1) is 6.91. The lowest BCUT2D eigenvalue weighted by Gasteiger charge is -2.09. The molecule has 0 aliphatic heterocycles. The predicted octanol–water partition coefficient (Wildman–Crippen LogP) is 2.13. The van der Waals surface area contributed by atoms with Gasteiger partial charge in [-0.15, -0.1) is 6.42 Å². The number of terminal acetylenes is 1. The molecular weight excluding hydrogens is 227 g/mol. The third kappa shape index (κ3) is 2.23. The molecule has 81 valence electrons. The highest BCUT2D eigenvalue weighted by molar-refractivity contribution is 7.09. The Labute approximate surface area is 88.3 Å². The number of aromatic nitrogens is 1. The van der Waals surface area contributed by atoms with Crippen LogP contribution in [0.25, 0.3) is 0 Å². The fourth-order valence-corrected chi connectivity index (χ4v) is 2.04. The van der Waals surface area contributed by atoms with Gasteiger partial charge in [-0.2, -0.15) is 13.2 Å². The summed E-state index contributed by atoms with van der Waals surface area (Å²) >= 11 is 0.544. The Hall–Kier alpha value is -1.22. The van der Waals surface area contributed by atoms with Gasteiger partial charge in [0.2, 0.25) is 0 Å². The molecule has 0 atom stereocenters. The van der Waals surface area contributed by atoms with Gasteiger partial charge in [0.15, 0.2) is 0 Å². The normalized spacial score (nSPS) is 11.4. The van der Waals surface area contributed by atoms with Crippen molar-refractivity contribution in [1.82, 2.24) is 4.57 Å². The van der Waals surface area contributed by atoms with Crippen molar-refractivity contribution in [2.45, 2.75) is 19.6 Å². The second kappa shape index (κ2) is 4.11. The number of halogens is 3. The van der Waals surface area contributed by atoms with Crippen LogP contribution in [0.5, 0.6) is 0 Å². The Morgan fingerprint density at radius 2 is 2.20 bits per heavy atom. The number of hydrogen-bond donors (Lipinski definition) is 0. The molecule has 0 aromatic carbocycles. The predicted molar refractivity (Wildman–Crippen MR) is 51.5 cm³/mol. The van der Waals surface area contributed by atoms with Crippen molar-refractivity contribution in [3.8, 4) is 12.3 Å². The topological polar surface area (TPSA) is 22.0 Å². The first-order valence-electron chi connectivity index (χ1n) is 3.95. The summed E-state index contributed by atoms with van der Waals surface area (Å²) in [5.41, 5.74) is -0.960. The average molecular weight is 234 g/mol. The highest BCUT2D eigenvalue weighted by Crippen LogP contribution is 2.33. The lowest BCUT2D eigenvalue weighted by molar-refractivity contribution is -0.143. The summed E-state index contributed by atoms with van der Waals surface area (Å²) in [5.74, 6) is 2.03. The Morgan fingerprint density at radius 1 is 1.60 bits per heavy atom. The molecule has 0 aliphatic carbocycles. The molecule has 1 heterocycles. The van der Waals surface area contributed by atoms with Gasteiger partial charge in [-0.25, -0.2) is 0 Å². The molecule has 1 radical (unpaired) electrons. The standard InChI is InChI=1S/C9H7F3NOS/c1-3-5-13-7(9(10,11)12)6(4-2)15-8(13)14/h1,4H,5H2,2H3. The monoisotopic (exact) mass is 234 g/mol. The van der Waals surface area contributed by atoms with E-state index in [1.807, 2.05) is 5.92 Å². The molecule has 1 aromatic rings. The summed E-state index contributed by atoms with van der Waals surface area (Å²) in [6, 6.07) is 0. The van der Waals surface area contributed by atoms with E-state index in [1.54, 1.807) is 0 Å². The van der Waals surface area contributed by atoms with Gasteiger partial charge in [-0.1, -0.05) is 24.2 Å². The molecule has 0 amide bonds. The quantitative estimate of drug-likeness (QED) is 0.718. The number of nitrogens with zero attached hydrogens (tertiary/aromatic N) is 1. The van der Waals surface area contributed by atoms with Crippen molar-refractivity contribution in [2.75, 3.05) is 0 Å². The molecule has 2 nitrogen and oxygen atoms in total. The third-order valence-electron chi connectivity index (χ3n) is 1.70. The van der Waals surface area contributed by atoms with Gasteiger partial charge < -0.3 is 0 Å². The van der Waals surface area contributed by atoms with Crippen molar-refractivity contribution < 1.29 is 13.2 Å². The van der Waals surface area contributed by atoms with E-state index in [0.29, 0.717) is 15.9 Å². The van der Waals surface area contributed by atoms with Crippen LogP contribution in [0.1, 0.15) is 17.5 Å². The van der Waals surface area contributed by atoms with E-state index in [0.717, 1.165) is 0 Å². The van der Waals surface area contributed by atoms with Crippen molar-refractivity contribution in [2.24, 2.45) is 0 Å². The second-order valence-electron chi connectivity index (χ2n) is 2.66. The summed E-state index contributed by atoms with van der Waals surface area (Å²) in [7, 11) is 0. The van der Waals surface area contributed by atoms with E-state index in [4.69, 9.17) is 6.42 Å². The van der Waals surface area contributed by atoms with Crippen molar-refractivity contribution in [3.05, 3.63) is 26.7 Å². The summed E-state index contributed by atoms with van der Waals surface area (Å²) in [5, 5.41) is 0. The maximum absolute atomic E-state index is 12.6. The minimum atomic E-state index is -4.56. The lowest BCUT2D eigenvalue weighted by Crippen LogP contribution is -2.21. The van der Waals surface area contributed by atoms with Crippen LogP contribution in [-0.2, 0) is 12.7 Å². The summed E-state index contributed by atoms with van der Waals surface area (Å²) in [4.78, 5) is 10.4. The molecule has 0 unspecified atom stereocenters. The maximum atomic E-state index is 12.6. The Bertz CT molecular complexity index is 449. The van der Waals surface area contributed by atoms with E-state index in [9.17, 15) is 18.0 Å². The third-order valence-corrected chi connectivity index (χ3v) is 2.75. The zero-order valence-corrected chi connectivity index (χ0v) is 8.58. The van der Waals surface area contributed by atoms with E-state index >= 15 is 0 Å². The van der Waals surface area contributed by atoms with Crippen LogP contribution in [-0.4, -0.2) is 4.57 Å². The van der Waals surface area contributed by atoms with Crippen molar-refractivity contribution in [3.63, 3.8) is 0 Å². The molecule has 0 bridgehead atoms. The van der Waals surface area contributed by atoms with E-state index in [-0.39, 0.29) is 11.4 Å². The summed E-state index contributed by atoms with van der Waals surface area (Å²) in [6.07, 6.45) is 1.60. The molecule has 0 saturated carbocycles. The van der Waals surface area contributed by atoms with Gasteiger partial charge in [0.25, 0.3) is 0 Å². The minimum Gasteiger partial charge on any atom is -0.283 e. The SMILES string of the molecule is C#CCn1c(C(F)(F)F)c([CH]C)sc1=O. The largest absolute Gasteiger partial charge is 0.432 e. The zero-order chi connectivity index (χ0) is 11.6. The number of rotatable bonds is 2. The van der Waals surface area contributed by atoms with Gasteiger partial charge >= 0.3 is 11.0 Å². The van der Waals surface area contributed by atoms with Crippen LogP contribution < -0.4 is 4.87 Å². The molecule has 15 heavy (non-hydrogen) atoms.